The number of anilines is 2. The Kier molecular flexibility index (Phi) is 4.15. The summed E-state index contributed by atoms with van der Waals surface area (Å²) in [6.45, 7) is 5.26. The molecular formula is C13H20N6O2. The van der Waals surface area contributed by atoms with Crippen molar-refractivity contribution >= 4 is 11.5 Å². The van der Waals surface area contributed by atoms with Gasteiger partial charge in [-0.25, -0.2) is 4.79 Å². The molecule has 0 atom stereocenters. The molecule has 0 saturated heterocycles. The first kappa shape index (κ1) is 14.9. The highest BCUT2D eigenvalue weighted by Crippen LogP contribution is 2.08. The Labute approximate surface area is 121 Å². The largest absolute Gasteiger partial charge is 0.383 e. The fraction of sp³-hybridized carbons (Fsp3) is 0.462. The van der Waals surface area contributed by atoms with Crippen molar-refractivity contribution in [3.05, 3.63) is 38.3 Å². The number of aromatic nitrogens is 4. The van der Waals surface area contributed by atoms with Crippen LogP contribution in [0, 0.1) is 13.8 Å². The Balaban J connectivity index is 1.98. The highest BCUT2D eigenvalue weighted by Gasteiger charge is 2.09. The zero-order chi connectivity index (χ0) is 15.6. The first-order valence-electron chi connectivity index (χ1n) is 6.74. The summed E-state index contributed by atoms with van der Waals surface area (Å²) in [5.74, 6) is 0.134. The van der Waals surface area contributed by atoms with E-state index in [1.807, 2.05) is 24.6 Å². The minimum atomic E-state index is -0.523. The summed E-state index contributed by atoms with van der Waals surface area (Å²) in [6, 6.07) is 2.02. The van der Waals surface area contributed by atoms with Crippen LogP contribution >= 0.6 is 0 Å². The summed E-state index contributed by atoms with van der Waals surface area (Å²) in [4.78, 5) is 25.3. The number of H-pyrrole nitrogens is 1. The molecule has 0 aliphatic carbocycles. The molecule has 0 bridgehead atoms. The molecule has 8 heteroatoms. The number of nitrogens with zero attached hydrogens (tertiary/aromatic N) is 3. The Morgan fingerprint density at radius 1 is 1.38 bits per heavy atom. The van der Waals surface area contributed by atoms with Gasteiger partial charge in [0, 0.05) is 25.8 Å². The second-order valence-electron chi connectivity index (χ2n) is 5.01. The van der Waals surface area contributed by atoms with Crippen molar-refractivity contribution < 1.29 is 0 Å². The fourth-order valence-electron chi connectivity index (χ4n) is 2.15. The van der Waals surface area contributed by atoms with E-state index in [4.69, 9.17) is 5.73 Å². The summed E-state index contributed by atoms with van der Waals surface area (Å²) in [6.07, 6.45) is 0.781. The Bertz CT molecular complexity index is 755. The van der Waals surface area contributed by atoms with Gasteiger partial charge in [-0.2, -0.15) is 5.10 Å². The van der Waals surface area contributed by atoms with Crippen molar-refractivity contribution in [1.82, 2.24) is 19.3 Å². The van der Waals surface area contributed by atoms with Crippen molar-refractivity contribution in [2.75, 3.05) is 17.6 Å². The van der Waals surface area contributed by atoms with Gasteiger partial charge < -0.3 is 11.1 Å². The van der Waals surface area contributed by atoms with Crippen LogP contribution < -0.4 is 22.3 Å². The molecule has 2 rings (SSSR count). The van der Waals surface area contributed by atoms with Gasteiger partial charge in [-0.15, -0.1) is 0 Å². The van der Waals surface area contributed by atoms with Gasteiger partial charge in [0.05, 0.1) is 5.69 Å². The minimum absolute atomic E-state index is 0.134. The lowest BCUT2D eigenvalue weighted by molar-refractivity contribution is 0.573. The van der Waals surface area contributed by atoms with E-state index in [1.54, 1.807) is 0 Å². The molecule has 0 aliphatic rings. The van der Waals surface area contributed by atoms with Gasteiger partial charge in [0.25, 0.3) is 5.56 Å². The van der Waals surface area contributed by atoms with E-state index in [0.29, 0.717) is 6.54 Å². The zero-order valence-corrected chi connectivity index (χ0v) is 12.4. The van der Waals surface area contributed by atoms with E-state index in [1.165, 1.54) is 11.6 Å². The number of nitrogens with two attached hydrogens (primary N) is 1. The molecule has 0 radical (unpaired) electrons. The molecule has 2 aromatic heterocycles. The van der Waals surface area contributed by atoms with Crippen LogP contribution in [0.3, 0.4) is 0 Å². The average Bonchev–Trinajstić information content (AvgIpc) is 2.73. The highest BCUT2D eigenvalue weighted by molar-refractivity contribution is 5.60. The highest BCUT2D eigenvalue weighted by atomic mass is 16.2. The minimum Gasteiger partial charge on any atom is -0.383 e. The van der Waals surface area contributed by atoms with Gasteiger partial charge in [-0.1, -0.05) is 0 Å². The molecule has 114 valence electrons. The van der Waals surface area contributed by atoms with Crippen LogP contribution in [0.2, 0.25) is 0 Å². The number of aromatic amines is 1. The Morgan fingerprint density at radius 3 is 2.71 bits per heavy atom. The molecule has 0 unspecified atom stereocenters. The normalized spacial score (nSPS) is 10.8. The average molecular weight is 292 g/mol. The van der Waals surface area contributed by atoms with E-state index < -0.39 is 11.2 Å². The predicted molar refractivity (Wildman–Crippen MR) is 81.5 cm³/mol. The third-order valence-corrected chi connectivity index (χ3v) is 3.32. The maximum atomic E-state index is 11.7. The van der Waals surface area contributed by atoms with E-state index in [9.17, 15) is 9.59 Å². The van der Waals surface area contributed by atoms with E-state index in [-0.39, 0.29) is 11.5 Å². The van der Waals surface area contributed by atoms with E-state index in [0.717, 1.165) is 24.4 Å². The van der Waals surface area contributed by atoms with Crippen LogP contribution in [0.15, 0.2) is 15.7 Å². The fourth-order valence-corrected chi connectivity index (χ4v) is 2.15. The second kappa shape index (κ2) is 5.86. The van der Waals surface area contributed by atoms with Crippen LogP contribution in [-0.2, 0) is 13.6 Å². The topological polar surface area (TPSA) is 111 Å². The molecule has 2 heterocycles. The number of hydrogen-bond acceptors (Lipinski definition) is 5. The summed E-state index contributed by atoms with van der Waals surface area (Å²) in [7, 11) is 1.51. The first-order valence-corrected chi connectivity index (χ1v) is 6.74. The Morgan fingerprint density at radius 2 is 2.10 bits per heavy atom. The number of hydrogen-bond donors (Lipinski definition) is 3. The maximum absolute atomic E-state index is 11.7. The monoisotopic (exact) mass is 292 g/mol. The van der Waals surface area contributed by atoms with E-state index in [2.05, 4.69) is 15.4 Å². The molecule has 21 heavy (non-hydrogen) atoms. The van der Waals surface area contributed by atoms with Gasteiger partial charge in [-0.05, 0) is 26.3 Å². The van der Waals surface area contributed by atoms with E-state index >= 15 is 0 Å². The lowest BCUT2D eigenvalue weighted by atomic mass is 10.3. The van der Waals surface area contributed by atoms with Gasteiger partial charge in [0.2, 0.25) is 0 Å². The van der Waals surface area contributed by atoms with Crippen LogP contribution in [0.25, 0.3) is 0 Å². The van der Waals surface area contributed by atoms with Crippen molar-refractivity contribution in [2.45, 2.75) is 26.8 Å². The van der Waals surface area contributed by atoms with Crippen molar-refractivity contribution in [2.24, 2.45) is 7.05 Å². The number of nitrogen functional groups attached to an aromatic ring is 1. The summed E-state index contributed by atoms with van der Waals surface area (Å²) in [5, 5.41) is 7.34. The smallest absolute Gasteiger partial charge is 0.329 e. The summed E-state index contributed by atoms with van der Waals surface area (Å²) in [5.41, 5.74) is 7.06. The summed E-state index contributed by atoms with van der Waals surface area (Å²) >= 11 is 0. The summed E-state index contributed by atoms with van der Waals surface area (Å²) < 4.78 is 3.12. The number of rotatable bonds is 5. The molecule has 0 spiro atoms. The van der Waals surface area contributed by atoms with Crippen molar-refractivity contribution in [3.63, 3.8) is 0 Å². The molecule has 4 N–H and O–H groups in total. The molecule has 2 aromatic rings. The lowest BCUT2D eigenvalue weighted by Gasteiger charge is -2.11. The molecule has 0 aliphatic heterocycles. The number of aryl methyl sites for hydroxylation is 3. The molecule has 0 fully saturated rings. The van der Waals surface area contributed by atoms with Gasteiger partial charge in [-0.3, -0.25) is 19.0 Å². The predicted octanol–water partition coefficient (Wildman–Crippen LogP) is -0.0287. The molecular weight excluding hydrogens is 272 g/mol. The van der Waals surface area contributed by atoms with Crippen molar-refractivity contribution in [3.8, 4) is 0 Å². The van der Waals surface area contributed by atoms with Gasteiger partial charge in [0.1, 0.15) is 11.5 Å². The van der Waals surface area contributed by atoms with Gasteiger partial charge >= 0.3 is 5.69 Å². The van der Waals surface area contributed by atoms with Crippen LogP contribution in [0.5, 0.6) is 0 Å². The lowest BCUT2D eigenvalue weighted by Crippen LogP contribution is -2.32. The third-order valence-electron chi connectivity index (χ3n) is 3.32. The van der Waals surface area contributed by atoms with Gasteiger partial charge in [0.15, 0.2) is 0 Å². The number of nitrogens with one attached hydrogen (secondary N) is 2. The van der Waals surface area contributed by atoms with Crippen LogP contribution in [-0.4, -0.2) is 25.9 Å². The van der Waals surface area contributed by atoms with Crippen molar-refractivity contribution in [1.29, 1.82) is 0 Å². The molecule has 8 nitrogen and oxygen atoms in total. The zero-order valence-electron chi connectivity index (χ0n) is 12.4. The Hall–Kier alpha value is -2.51. The van der Waals surface area contributed by atoms with Crippen LogP contribution in [0.4, 0.5) is 11.5 Å². The standard InChI is InChI=1S/C13H20N6O2/c1-8-7-9(2)19(17-8)6-4-5-15-10-11(14)18(3)13(21)16-12(10)20/h7,15H,4-6,14H2,1-3H3,(H,16,20,21). The maximum Gasteiger partial charge on any atom is 0.329 e. The first-order chi connectivity index (χ1) is 9.90. The molecule has 0 amide bonds. The molecule has 0 saturated carbocycles. The van der Waals surface area contributed by atoms with Crippen LogP contribution in [0.1, 0.15) is 17.8 Å². The SMILES string of the molecule is Cc1cc(C)n(CCCNc2c(N)n(C)c(=O)[nH]c2=O)n1. The third kappa shape index (κ3) is 3.15. The molecule has 0 aromatic carbocycles. The quantitative estimate of drug-likeness (QED) is 0.670. The second-order valence-corrected chi connectivity index (χ2v) is 5.01.